The van der Waals surface area contributed by atoms with Crippen molar-refractivity contribution in [3.05, 3.63) is 11.4 Å². The topological polar surface area (TPSA) is 61.3 Å². The molecule has 0 aromatic carbocycles. The Morgan fingerprint density at radius 2 is 1.85 bits per heavy atom. The van der Waals surface area contributed by atoms with Gasteiger partial charge in [-0.25, -0.2) is 9.97 Å². The summed E-state index contributed by atoms with van der Waals surface area (Å²) in [4.78, 5) is 11.2. The fourth-order valence-corrected chi connectivity index (χ4v) is 2.13. The highest BCUT2D eigenvalue weighted by molar-refractivity contribution is 5.58. The lowest BCUT2D eigenvalue weighted by Gasteiger charge is -2.25. The minimum absolute atomic E-state index is 0.143. The van der Waals surface area contributed by atoms with Crippen LogP contribution < -0.4 is 10.2 Å². The third kappa shape index (κ3) is 4.63. The number of rotatable bonds is 9. The number of unbranched alkanes of at least 4 members (excludes halogenated alkanes) is 1. The molecule has 1 aromatic rings. The first kappa shape index (κ1) is 16.7. The van der Waals surface area contributed by atoms with Crippen LogP contribution in [0.5, 0.6) is 0 Å². The summed E-state index contributed by atoms with van der Waals surface area (Å²) < 4.78 is 0. The van der Waals surface area contributed by atoms with Gasteiger partial charge in [0.1, 0.15) is 17.5 Å². The summed E-state index contributed by atoms with van der Waals surface area (Å²) in [6, 6.07) is 0. The summed E-state index contributed by atoms with van der Waals surface area (Å²) in [7, 11) is 0. The Morgan fingerprint density at radius 1 is 1.10 bits per heavy atom. The highest BCUT2D eigenvalue weighted by Crippen LogP contribution is 2.23. The number of nitrogens with one attached hydrogen (secondary N) is 1. The van der Waals surface area contributed by atoms with E-state index in [4.69, 9.17) is 0 Å². The maximum atomic E-state index is 9.27. The van der Waals surface area contributed by atoms with Gasteiger partial charge in [0.05, 0.1) is 6.61 Å². The number of aromatic nitrogens is 2. The van der Waals surface area contributed by atoms with Crippen molar-refractivity contribution in [2.24, 2.45) is 0 Å². The van der Waals surface area contributed by atoms with Gasteiger partial charge in [-0.1, -0.05) is 20.3 Å². The number of aliphatic hydroxyl groups is 1. The molecule has 0 amide bonds. The van der Waals surface area contributed by atoms with Crippen LogP contribution in [0, 0.1) is 13.8 Å². The Bertz CT molecular complexity index is 409. The summed E-state index contributed by atoms with van der Waals surface area (Å²) in [5.74, 6) is 2.62. The standard InChI is InChI=1S/C15H28N4O/c1-5-7-9-19(10-11-20)15-12(3)14(16-8-6-2)17-13(4)18-15/h20H,5-11H2,1-4H3,(H,16,17,18). The zero-order valence-corrected chi connectivity index (χ0v) is 13.2. The first-order valence-corrected chi connectivity index (χ1v) is 7.58. The van der Waals surface area contributed by atoms with Crippen molar-refractivity contribution in [1.29, 1.82) is 0 Å². The van der Waals surface area contributed by atoms with Crippen LogP contribution in [0.1, 0.15) is 44.5 Å². The van der Waals surface area contributed by atoms with Crippen LogP contribution in [0.25, 0.3) is 0 Å². The summed E-state index contributed by atoms with van der Waals surface area (Å²) >= 11 is 0. The second kappa shape index (κ2) is 8.74. The largest absolute Gasteiger partial charge is 0.395 e. The van der Waals surface area contributed by atoms with Crippen LogP contribution in [0.15, 0.2) is 0 Å². The van der Waals surface area contributed by atoms with Crippen LogP contribution in [0.2, 0.25) is 0 Å². The lowest BCUT2D eigenvalue weighted by molar-refractivity contribution is 0.301. The molecule has 5 nitrogen and oxygen atoms in total. The second-order valence-electron chi connectivity index (χ2n) is 5.06. The van der Waals surface area contributed by atoms with E-state index in [0.29, 0.717) is 6.54 Å². The molecule has 1 heterocycles. The van der Waals surface area contributed by atoms with E-state index in [1.165, 1.54) is 0 Å². The van der Waals surface area contributed by atoms with Crippen LogP contribution >= 0.6 is 0 Å². The molecule has 5 heteroatoms. The number of aryl methyl sites for hydroxylation is 1. The van der Waals surface area contributed by atoms with E-state index in [1.54, 1.807) is 0 Å². The molecular formula is C15H28N4O. The zero-order chi connectivity index (χ0) is 15.0. The maximum Gasteiger partial charge on any atom is 0.137 e. The van der Waals surface area contributed by atoms with E-state index in [1.807, 2.05) is 13.8 Å². The minimum Gasteiger partial charge on any atom is -0.395 e. The Balaban J connectivity index is 3.02. The van der Waals surface area contributed by atoms with Crippen LogP contribution in [0.4, 0.5) is 11.6 Å². The lowest BCUT2D eigenvalue weighted by Crippen LogP contribution is -2.30. The van der Waals surface area contributed by atoms with Crippen molar-refractivity contribution in [2.45, 2.75) is 47.0 Å². The number of anilines is 2. The van der Waals surface area contributed by atoms with Gasteiger partial charge >= 0.3 is 0 Å². The summed E-state index contributed by atoms with van der Waals surface area (Å²) in [5, 5.41) is 12.6. The summed E-state index contributed by atoms with van der Waals surface area (Å²) in [5.41, 5.74) is 1.06. The van der Waals surface area contributed by atoms with Gasteiger partial charge in [0, 0.05) is 25.2 Å². The van der Waals surface area contributed by atoms with E-state index >= 15 is 0 Å². The molecule has 0 radical (unpaired) electrons. The molecule has 114 valence electrons. The minimum atomic E-state index is 0.143. The molecule has 0 aliphatic carbocycles. The molecule has 1 rings (SSSR count). The fourth-order valence-electron chi connectivity index (χ4n) is 2.13. The van der Waals surface area contributed by atoms with Gasteiger partial charge in [0.2, 0.25) is 0 Å². The predicted octanol–water partition coefficient (Wildman–Crippen LogP) is 2.51. The molecule has 20 heavy (non-hydrogen) atoms. The van der Waals surface area contributed by atoms with Crippen molar-refractivity contribution in [1.82, 2.24) is 9.97 Å². The van der Waals surface area contributed by atoms with Crippen molar-refractivity contribution < 1.29 is 5.11 Å². The maximum absolute atomic E-state index is 9.27. The van der Waals surface area contributed by atoms with Crippen molar-refractivity contribution in [2.75, 3.05) is 36.5 Å². The Hall–Kier alpha value is -1.36. The molecule has 0 atom stereocenters. The van der Waals surface area contributed by atoms with Gasteiger partial charge in [-0.3, -0.25) is 0 Å². The van der Waals surface area contributed by atoms with Gasteiger partial charge < -0.3 is 15.3 Å². The molecule has 0 unspecified atom stereocenters. The molecule has 0 fully saturated rings. The molecule has 0 bridgehead atoms. The van der Waals surface area contributed by atoms with E-state index in [2.05, 4.69) is 34.0 Å². The predicted molar refractivity (Wildman–Crippen MR) is 84.5 cm³/mol. The van der Waals surface area contributed by atoms with Crippen molar-refractivity contribution >= 4 is 11.6 Å². The first-order chi connectivity index (χ1) is 9.63. The van der Waals surface area contributed by atoms with Gasteiger partial charge in [0.15, 0.2) is 0 Å². The summed E-state index contributed by atoms with van der Waals surface area (Å²) in [6.45, 7) is 10.8. The number of hydrogen-bond donors (Lipinski definition) is 2. The molecule has 0 aliphatic heterocycles. The van der Waals surface area contributed by atoms with Gasteiger partial charge in [-0.05, 0) is 26.7 Å². The molecule has 1 aromatic heterocycles. The smallest absolute Gasteiger partial charge is 0.137 e. The third-order valence-corrected chi connectivity index (χ3v) is 3.23. The van der Waals surface area contributed by atoms with Gasteiger partial charge in [0.25, 0.3) is 0 Å². The van der Waals surface area contributed by atoms with Gasteiger partial charge in [-0.2, -0.15) is 0 Å². The highest BCUT2D eigenvalue weighted by Gasteiger charge is 2.15. The Morgan fingerprint density at radius 3 is 2.45 bits per heavy atom. The van der Waals surface area contributed by atoms with Crippen LogP contribution in [-0.4, -0.2) is 41.3 Å². The van der Waals surface area contributed by atoms with Crippen LogP contribution in [-0.2, 0) is 0 Å². The van der Waals surface area contributed by atoms with E-state index < -0.39 is 0 Å². The molecule has 0 spiro atoms. The zero-order valence-electron chi connectivity index (χ0n) is 13.2. The highest BCUT2D eigenvalue weighted by atomic mass is 16.3. The Kier molecular flexibility index (Phi) is 7.30. The van der Waals surface area contributed by atoms with E-state index in [-0.39, 0.29) is 6.61 Å². The number of aliphatic hydroxyl groups excluding tert-OH is 1. The Labute approximate surface area is 122 Å². The first-order valence-electron chi connectivity index (χ1n) is 7.58. The lowest BCUT2D eigenvalue weighted by atomic mass is 10.2. The van der Waals surface area contributed by atoms with Crippen molar-refractivity contribution in [3.63, 3.8) is 0 Å². The average molecular weight is 280 g/mol. The van der Waals surface area contributed by atoms with Crippen molar-refractivity contribution in [3.8, 4) is 0 Å². The quantitative estimate of drug-likeness (QED) is 0.728. The normalized spacial score (nSPS) is 10.7. The van der Waals surface area contributed by atoms with E-state index in [0.717, 1.165) is 55.4 Å². The third-order valence-electron chi connectivity index (χ3n) is 3.23. The molecule has 2 N–H and O–H groups in total. The SMILES string of the molecule is CCCCN(CCO)c1nc(C)nc(NCCC)c1C. The average Bonchev–Trinajstić information content (AvgIpc) is 2.44. The molecule has 0 saturated carbocycles. The number of nitrogens with zero attached hydrogens (tertiary/aromatic N) is 3. The van der Waals surface area contributed by atoms with Crippen LogP contribution in [0.3, 0.4) is 0 Å². The monoisotopic (exact) mass is 280 g/mol. The molecule has 0 saturated heterocycles. The van der Waals surface area contributed by atoms with Gasteiger partial charge in [-0.15, -0.1) is 0 Å². The number of hydrogen-bond acceptors (Lipinski definition) is 5. The molecular weight excluding hydrogens is 252 g/mol. The van der Waals surface area contributed by atoms with E-state index in [9.17, 15) is 5.11 Å². The summed E-state index contributed by atoms with van der Waals surface area (Å²) in [6.07, 6.45) is 3.29. The fraction of sp³-hybridized carbons (Fsp3) is 0.733. The second-order valence-corrected chi connectivity index (χ2v) is 5.06. The molecule has 0 aliphatic rings.